The lowest BCUT2D eigenvalue weighted by Crippen LogP contribution is -2.15. The summed E-state index contributed by atoms with van der Waals surface area (Å²) in [6.45, 7) is 8.91. The van der Waals surface area contributed by atoms with Crippen LogP contribution in [0.4, 0.5) is 0 Å². The van der Waals surface area contributed by atoms with E-state index in [9.17, 15) is 9.90 Å². The fraction of sp³-hybridized carbons (Fsp3) is 0.433. The smallest absolute Gasteiger partial charge is 0.319 e. The van der Waals surface area contributed by atoms with Crippen molar-refractivity contribution < 1.29 is 14.6 Å². The molecule has 0 aliphatic rings. The molecule has 0 fully saturated rings. The highest BCUT2D eigenvalue weighted by molar-refractivity contribution is 7.11. The third-order valence-electron chi connectivity index (χ3n) is 5.77. The Kier molecular flexibility index (Phi) is 13.6. The van der Waals surface area contributed by atoms with Crippen molar-refractivity contribution in [1.82, 2.24) is 0 Å². The molecule has 35 heavy (non-hydrogen) atoms. The van der Waals surface area contributed by atoms with Gasteiger partial charge in [-0.15, -0.1) is 22.7 Å². The van der Waals surface area contributed by atoms with Crippen molar-refractivity contribution in [2.75, 3.05) is 13.2 Å². The Labute approximate surface area is 219 Å². The highest BCUT2D eigenvalue weighted by atomic mass is 32.1. The molecule has 0 unspecified atom stereocenters. The summed E-state index contributed by atoms with van der Waals surface area (Å²) >= 11 is 3.16. The number of thiophene rings is 2. The number of rotatable bonds is 15. The molecule has 2 rings (SSSR count). The van der Waals surface area contributed by atoms with Gasteiger partial charge in [-0.05, 0) is 101 Å². The van der Waals surface area contributed by atoms with E-state index in [-0.39, 0.29) is 25.1 Å². The van der Waals surface area contributed by atoms with Crippen molar-refractivity contribution in [3.63, 3.8) is 0 Å². The van der Waals surface area contributed by atoms with Gasteiger partial charge in [-0.3, -0.25) is 4.79 Å². The van der Waals surface area contributed by atoms with E-state index in [1.807, 2.05) is 41.1 Å². The third-order valence-corrected chi connectivity index (χ3v) is 7.65. The fourth-order valence-electron chi connectivity index (χ4n) is 3.68. The predicted octanol–water partition coefficient (Wildman–Crippen LogP) is 8.60. The van der Waals surface area contributed by atoms with Gasteiger partial charge in [0, 0.05) is 9.75 Å². The molecule has 5 heteroatoms. The average molecular weight is 513 g/mol. The minimum atomic E-state index is -0.344. The van der Waals surface area contributed by atoms with Crippen LogP contribution in [0, 0.1) is 0 Å². The largest absolute Gasteiger partial charge is 0.461 e. The quantitative estimate of drug-likeness (QED) is 0.192. The minimum absolute atomic E-state index is 0.109. The van der Waals surface area contributed by atoms with E-state index < -0.39 is 0 Å². The molecular formula is C30H40O3S2. The molecule has 0 spiro atoms. The molecule has 190 valence electrons. The van der Waals surface area contributed by atoms with E-state index in [0.717, 1.165) is 53.9 Å². The number of carbonyl (C=O) groups excluding carboxylic acids is 1. The van der Waals surface area contributed by atoms with Crippen LogP contribution in [0.2, 0.25) is 0 Å². The summed E-state index contributed by atoms with van der Waals surface area (Å²) in [5, 5.41) is 13.7. The first kappa shape index (κ1) is 29.0. The second-order valence-electron chi connectivity index (χ2n) is 9.11. The molecular weight excluding hydrogens is 472 g/mol. The van der Waals surface area contributed by atoms with Crippen LogP contribution in [0.25, 0.3) is 0 Å². The zero-order valence-electron chi connectivity index (χ0n) is 21.6. The summed E-state index contributed by atoms with van der Waals surface area (Å²) in [7, 11) is 0. The van der Waals surface area contributed by atoms with Gasteiger partial charge in [0.25, 0.3) is 0 Å². The molecule has 0 aliphatic heterocycles. The molecule has 0 radical (unpaired) electrons. The summed E-state index contributed by atoms with van der Waals surface area (Å²) in [5.41, 5.74) is 5.05. The number of esters is 1. The first-order chi connectivity index (χ1) is 16.9. The van der Waals surface area contributed by atoms with Gasteiger partial charge in [-0.1, -0.05) is 47.1 Å². The van der Waals surface area contributed by atoms with Gasteiger partial charge in [0.2, 0.25) is 0 Å². The van der Waals surface area contributed by atoms with Gasteiger partial charge in [-0.2, -0.15) is 0 Å². The Morgan fingerprint density at radius 1 is 0.857 bits per heavy atom. The molecule has 0 saturated heterocycles. The highest BCUT2D eigenvalue weighted by Crippen LogP contribution is 2.32. The maximum atomic E-state index is 12.8. The van der Waals surface area contributed by atoms with Crippen LogP contribution in [0.3, 0.4) is 0 Å². The minimum Gasteiger partial charge on any atom is -0.461 e. The maximum absolute atomic E-state index is 12.8. The van der Waals surface area contributed by atoms with Crippen molar-refractivity contribution in [2.45, 2.75) is 72.1 Å². The van der Waals surface area contributed by atoms with E-state index in [1.54, 1.807) is 22.7 Å². The molecule has 3 nitrogen and oxygen atoms in total. The molecule has 0 aromatic carbocycles. The lowest BCUT2D eigenvalue weighted by atomic mass is 10.0. The summed E-state index contributed by atoms with van der Waals surface area (Å²) in [6, 6.07) is 7.92. The van der Waals surface area contributed by atoms with Gasteiger partial charge in [0.05, 0.1) is 6.61 Å². The Morgan fingerprint density at radius 3 is 1.97 bits per heavy atom. The number of aliphatic hydroxyl groups is 1. The first-order valence-corrected chi connectivity index (χ1v) is 14.1. The zero-order chi connectivity index (χ0) is 25.5. The third kappa shape index (κ3) is 11.4. The highest BCUT2D eigenvalue weighted by Gasteiger charge is 2.26. The Hall–Kier alpha value is -2.21. The van der Waals surface area contributed by atoms with E-state index >= 15 is 0 Å². The van der Waals surface area contributed by atoms with Crippen LogP contribution in [-0.2, 0) is 9.53 Å². The van der Waals surface area contributed by atoms with Crippen LogP contribution in [0.15, 0.2) is 81.6 Å². The van der Waals surface area contributed by atoms with Crippen molar-refractivity contribution in [1.29, 1.82) is 0 Å². The van der Waals surface area contributed by atoms with Crippen LogP contribution in [0.5, 0.6) is 0 Å². The number of aliphatic hydroxyl groups excluding tert-OH is 1. The summed E-state index contributed by atoms with van der Waals surface area (Å²) < 4.78 is 5.62. The number of carbonyl (C=O) groups is 1. The summed E-state index contributed by atoms with van der Waals surface area (Å²) in [4.78, 5) is 14.8. The molecule has 0 amide bonds. The molecule has 2 aromatic rings. The number of hydrogen-bond acceptors (Lipinski definition) is 5. The second kappa shape index (κ2) is 16.5. The molecule has 0 aliphatic carbocycles. The average Bonchev–Trinajstić information content (AvgIpc) is 3.53. The Bertz CT molecular complexity index is 954. The Balaban J connectivity index is 1.76. The molecule has 1 N–H and O–H groups in total. The van der Waals surface area contributed by atoms with E-state index in [1.165, 1.54) is 16.7 Å². The summed E-state index contributed by atoms with van der Waals surface area (Å²) in [6.07, 6.45) is 14.5. The van der Waals surface area contributed by atoms with Gasteiger partial charge < -0.3 is 9.84 Å². The van der Waals surface area contributed by atoms with Crippen LogP contribution in [0.1, 0.15) is 81.9 Å². The van der Waals surface area contributed by atoms with Gasteiger partial charge in [0.15, 0.2) is 0 Å². The lowest BCUT2D eigenvalue weighted by molar-refractivity contribution is -0.143. The fourth-order valence-corrected chi connectivity index (χ4v) is 5.42. The molecule has 0 saturated carbocycles. The lowest BCUT2D eigenvalue weighted by Gasteiger charge is -2.12. The van der Waals surface area contributed by atoms with Crippen molar-refractivity contribution in [3.8, 4) is 0 Å². The monoisotopic (exact) mass is 512 g/mol. The molecule has 0 bridgehead atoms. The zero-order valence-corrected chi connectivity index (χ0v) is 23.2. The van der Waals surface area contributed by atoms with Gasteiger partial charge >= 0.3 is 5.97 Å². The second-order valence-corrected chi connectivity index (χ2v) is 11.1. The molecule has 2 heterocycles. The van der Waals surface area contributed by atoms with Gasteiger partial charge in [-0.25, -0.2) is 0 Å². The van der Waals surface area contributed by atoms with Gasteiger partial charge in [0.1, 0.15) is 12.5 Å². The van der Waals surface area contributed by atoms with Crippen molar-refractivity contribution in [3.05, 3.63) is 91.4 Å². The van der Waals surface area contributed by atoms with E-state index in [4.69, 9.17) is 4.74 Å². The normalized spacial score (nSPS) is 12.8. The molecule has 2 aromatic heterocycles. The van der Waals surface area contributed by atoms with Crippen molar-refractivity contribution >= 4 is 28.6 Å². The standard InChI is InChI=1S/C30H40O3S2/c1-23(2)10-5-11-24(3)12-6-14-26(22-31)15-7-13-25(4)18-19-33-30(32)29(27-16-8-20-34-27)28-17-9-21-35-28/h8-10,12,15-18,20-21,29,31H,5-7,11,13-14,19,22H2,1-4H3/b24-12+,25-18+,26-15+. The van der Waals surface area contributed by atoms with E-state index in [0.29, 0.717) is 0 Å². The van der Waals surface area contributed by atoms with Crippen LogP contribution >= 0.6 is 22.7 Å². The SMILES string of the molecule is CC(C)=CCC/C(C)=C/CC/C(=C\CC/C(C)=C/COC(=O)C(c1cccs1)c1cccs1)CO. The number of ether oxygens (including phenoxy) is 1. The predicted molar refractivity (Wildman–Crippen MR) is 151 cm³/mol. The summed E-state index contributed by atoms with van der Waals surface area (Å²) in [5.74, 6) is -0.547. The molecule has 0 atom stereocenters. The topological polar surface area (TPSA) is 46.5 Å². The Morgan fingerprint density at radius 2 is 1.43 bits per heavy atom. The van der Waals surface area contributed by atoms with Crippen molar-refractivity contribution in [2.24, 2.45) is 0 Å². The first-order valence-electron chi connectivity index (χ1n) is 12.4. The number of allylic oxidation sites excluding steroid dienone is 6. The van der Waals surface area contributed by atoms with Crippen LogP contribution < -0.4 is 0 Å². The maximum Gasteiger partial charge on any atom is 0.319 e. The van der Waals surface area contributed by atoms with Crippen LogP contribution in [-0.4, -0.2) is 24.3 Å². The number of hydrogen-bond donors (Lipinski definition) is 1. The van der Waals surface area contributed by atoms with E-state index in [2.05, 4.69) is 45.9 Å².